The molecule has 1 fully saturated rings. The topological polar surface area (TPSA) is 103 Å². The Morgan fingerprint density at radius 2 is 1.80 bits per heavy atom. The molecule has 220 valence electrons. The highest BCUT2D eigenvalue weighted by molar-refractivity contribution is 6.33. The van der Waals surface area contributed by atoms with Crippen LogP contribution in [-0.4, -0.2) is 84.0 Å². The number of anilines is 3. The van der Waals surface area contributed by atoms with Crippen LogP contribution in [0.15, 0.2) is 48.7 Å². The smallest absolute Gasteiger partial charge is 0.413 e. The zero-order chi connectivity index (χ0) is 29.2. The number of piperazine rings is 1. The normalized spacial score (nSPS) is 14.0. The van der Waals surface area contributed by atoms with Crippen LogP contribution < -0.4 is 19.7 Å². The van der Waals surface area contributed by atoms with Crippen molar-refractivity contribution in [1.82, 2.24) is 19.8 Å². The minimum absolute atomic E-state index is 0.0277. The lowest BCUT2D eigenvalue weighted by Gasteiger charge is -2.34. The molecule has 41 heavy (non-hydrogen) atoms. The summed E-state index contributed by atoms with van der Waals surface area (Å²) in [5.41, 5.74) is 1.22. The van der Waals surface area contributed by atoms with Crippen molar-refractivity contribution >= 4 is 46.7 Å². The summed E-state index contributed by atoms with van der Waals surface area (Å²) in [4.78, 5) is 26.8. The van der Waals surface area contributed by atoms with Gasteiger partial charge in [-0.1, -0.05) is 30.1 Å². The van der Waals surface area contributed by atoms with Crippen molar-refractivity contribution in [2.24, 2.45) is 0 Å². The number of amides is 1. The molecule has 1 aromatic heterocycles. The summed E-state index contributed by atoms with van der Waals surface area (Å²) in [7, 11) is 1.59. The van der Waals surface area contributed by atoms with Crippen molar-refractivity contribution in [2.75, 3.05) is 63.2 Å². The van der Waals surface area contributed by atoms with E-state index in [0.717, 1.165) is 44.0 Å². The van der Waals surface area contributed by atoms with E-state index in [1.54, 1.807) is 31.4 Å². The number of halogens is 2. The summed E-state index contributed by atoms with van der Waals surface area (Å²) in [6, 6.07) is 11.9. The van der Waals surface area contributed by atoms with Crippen LogP contribution in [0.4, 0.5) is 22.2 Å². The molecule has 4 rings (SSSR count). The van der Waals surface area contributed by atoms with Crippen LogP contribution >= 0.6 is 23.2 Å². The van der Waals surface area contributed by atoms with E-state index in [0.29, 0.717) is 39.4 Å². The fourth-order valence-corrected chi connectivity index (χ4v) is 5.03. The SMILES string of the molecule is CCCN1CCN(CCCOc2ccc(Nc3nccc(N(Cc4cc(Cl)ccc4Cl)C(=O)O)n3)cc2OC)CC1. The monoisotopic (exact) mass is 602 g/mol. The van der Waals surface area contributed by atoms with Gasteiger partial charge >= 0.3 is 6.09 Å². The van der Waals surface area contributed by atoms with E-state index in [1.165, 1.54) is 25.2 Å². The third-order valence-electron chi connectivity index (χ3n) is 6.79. The van der Waals surface area contributed by atoms with Crippen LogP contribution in [-0.2, 0) is 6.54 Å². The standard InChI is InChI=1S/C29H36Cl2N6O4/c1-3-11-35-13-15-36(16-14-35)12-4-17-41-25-8-6-23(19-26(25)40-2)33-28-32-10-9-27(34-28)37(29(38)39)20-21-18-22(30)5-7-24(21)31/h5-10,18-19H,3-4,11-17,20H2,1-2H3,(H,38,39)(H,32,33,34). The van der Waals surface area contributed by atoms with Crippen LogP contribution in [0.2, 0.25) is 10.0 Å². The van der Waals surface area contributed by atoms with E-state index < -0.39 is 6.09 Å². The number of carboxylic acid groups (broad SMARTS) is 1. The molecule has 0 radical (unpaired) electrons. The van der Waals surface area contributed by atoms with Crippen LogP contribution in [0.5, 0.6) is 11.5 Å². The number of carbonyl (C=O) groups is 1. The van der Waals surface area contributed by atoms with Gasteiger partial charge in [0.15, 0.2) is 11.5 Å². The number of benzene rings is 2. The Morgan fingerprint density at radius 3 is 2.51 bits per heavy atom. The van der Waals surface area contributed by atoms with E-state index in [1.807, 2.05) is 12.1 Å². The van der Waals surface area contributed by atoms with E-state index in [2.05, 4.69) is 32.0 Å². The Labute approximate surface area is 250 Å². The molecule has 10 nitrogen and oxygen atoms in total. The number of nitrogens with zero attached hydrogens (tertiary/aromatic N) is 5. The first-order chi connectivity index (χ1) is 19.9. The first-order valence-corrected chi connectivity index (χ1v) is 14.4. The number of nitrogens with one attached hydrogen (secondary N) is 1. The zero-order valence-corrected chi connectivity index (χ0v) is 24.9. The predicted molar refractivity (Wildman–Crippen MR) is 162 cm³/mol. The van der Waals surface area contributed by atoms with Crippen molar-refractivity contribution in [3.63, 3.8) is 0 Å². The van der Waals surface area contributed by atoms with Gasteiger partial charge < -0.3 is 29.7 Å². The molecule has 1 aliphatic heterocycles. The molecule has 12 heteroatoms. The van der Waals surface area contributed by atoms with Crippen molar-refractivity contribution in [2.45, 2.75) is 26.3 Å². The minimum atomic E-state index is -1.19. The van der Waals surface area contributed by atoms with Gasteiger partial charge in [-0.3, -0.25) is 4.90 Å². The number of ether oxygens (including phenoxy) is 2. The largest absolute Gasteiger partial charge is 0.493 e. The van der Waals surface area contributed by atoms with E-state index in [-0.39, 0.29) is 18.3 Å². The molecule has 1 saturated heterocycles. The quantitative estimate of drug-likeness (QED) is 0.227. The highest BCUT2D eigenvalue weighted by Gasteiger charge is 2.19. The summed E-state index contributed by atoms with van der Waals surface area (Å²) in [5, 5.41) is 13.8. The molecule has 0 spiro atoms. The van der Waals surface area contributed by atoms with Crippen molar-refractivity contribution in [3.05, 3.63) is 64.3 Å². The Hall–Kier alpha value is -3.31. The predicted octanol–water partition coefficient (Wildman–Crippen LogP) is 6.02. The minimum Gasteiger partial charge on any atom is -0.493 e. The summed E-state index contributed by atoms with van der Waals surface area (Å²) < 4.78 is 11.6. The first-order valence-electron chi connectivity index (χ1n) is 13.7. The van der Waals surface area contributed by atoms with Gasteiger partial charge in [-0.05, 0) is 61.3 Å². The Balaban J connectivity index is 1.34. The van der Waals surface area contributed by atoms with Crippen molar-refractivity contribution in [3.8, 4) is 11.5 Å². The first kappa shape index (κ1) is 30.6. The average Bonchev–Trinajstić information content (AvgIpc) is 2.97. The molecule has 2 heterocycles. The molecule has 0 aliphatic carbocycles. The summed E-state index contributed by atoms with van der Waals surface area (Å²) >= 11 is 12.3. The van der Waals surface area contributed by atoms with E-state index in [4.69, 9.17) is 32.7 Å². The summed E-state index contributed by atoms with van der Waals surface area (Å²) in [6.45, 7) is 9.44. The van der Waals surface area contributed by atoms with Gasteiger partial charge in [-0.25, -0.2) is 9.78 Å². The lowest BCUT2D eigenvalue weighted by molar-refractivity contribution is 0.126. The second-order valence-electron chi connectivity index (χ2n) is 9.72. The Kier molecular flexibility index (Phi) is 11.3. The molecule has 0 bridgehead atoms. The van der Waals surface area contributed by atoms with Crippen molar-refractivity contribution in [1.29, 1.82) is 0 Å². The van der Waals surface area contributed by atoms with Gasteiger partial charge in [0.25, 0.3) is 0 Å². The van der Waals surface area contributed by atoms with Crippen LogP contribution in [0, 0.1) is 0 Å². The van der Waals surface area contributed by atoms with Gasteiger partial charge in [0.05, 0.1) is 20.3 Å². The van der Waals surface area contributed by atoms with Gasteiger partial charge in [0.1, 0.15) is 5.82 Å². The highest BCUT2D eigenvalue weighted by Crippen LogP contribution is 2.31. The maximum atomic E-state index is 12.1. The molecule has 1 amide bonds. The average molecular weight is 604 g/mol. The lowest BCUT2D eigenvalue weighted by Crippen LogP contribution is -2.46. The number of hydrogen-bond acceptors (Lipinski definition) is 8. The molecular formula is C29H36Cl2N6O4. The molecule has 0 saturated carbocycles. The van der Waals surface area contributed by atoms with Crippen molar-refractivity contribution < 1.29 is 19.4 Å². The van der Waals surface area contributed by atoms with Gasteiger partial charge in [0, 0.05) is 60.7 Å². The van der Waals surface area contributed by atoms with Crippen LogP contribution in [0.1, 0.15) is 25.3 Å². The van der Waals surface area contributed by atoms with Crippen LogP contribution in [0.3, 0.4) is 0 Å². The number of rotatable bonds is 13. The molecular weight excluding hydrogens is 567 g/mol. The maximum absolute atomic E-state index is 12.1. The van der Waals surface area contributed by atoms with Gasteiger partial charge in [0.2, 0.25) is 5.95 Å². The Bertz CT molecular complexity index is 1310. The third-order valence-corrected chi connectivity index (χ3v) is 7.39. The lowest BCUT2D eigenvalue weighted by atomic mass is 10.2. The molecule has 0 atom stereocenters. The fraction of sp³-hybridized carbons (Fsp3) is 0.414. The van der Waals surface area contributed by atoms with Crippen LogP contribution in [0.25, 0.3) is 0 Å². The number of hydrogen-bond donors (Lipinski definition) is 2. The number of aromatic nitrogens is 2. The Morgan fingerprint density at radius 1 is 1.05 bits per heavy atom. The number of methoxy groups -OCH3 is 1. The summed E-state index contributed by atoms with van der Waals surface area (Å²) in [5.74, 6) is 1.63. The summed E-state index contributed by atoms with van der Waals surface area (Å²) in [6.07, 6.45) is 2.43. The van der Waals surface area contributed by atoms with E-state index in [9.17, 15) is 9.90 Å². The molecule has 2 aromatic carbocycles. The fourth-order valence-electron chi connectivity index (χ4n) is 4.66. The second-order valence-corrected chi connectivity index (χ2v) is 10.6. The molecule has 0 unspecified atom stereocenters. The molecule has 3 aromatic rings. The molecule has 2 N–H and O–H groups in total. The highest BCUT2D eigenvalue weighted by atomic mass is 35.5. The van der Waals surface area contributed by atoms with Gasteiger partial charge in [-0.2, -0.15) is 4.98 Å². The van der Waals surface area contributed by atoms with E-state index >= 15 is 0 Å². The van der Waals surface area contributed by atoms with Gasteiger partial charge in [-0.15, -0.1) is 0 Å². The maximum Gasteiger partial charge on any atom is 0.413 e. The zero-order valence-electron chi connectivity index (χ0n) is 23.4. The third kappa shape index (κ3) is 8.84. The second kappa shape index (κ2) is 15.1. The molecule has 1 aliphatic rings.